The van der Waals surface area contributed by atoms with Crippen molar-refractivity contribution >= 4 is 21.6 Å². The number of ether oxygens (including phenoxy) is 1. The van der Waals surface area contributed by atoms with E-state index in [2.05, 4.69) is 15.9 Å². The molecule has 0 atom stereocenters. The maximum absolute atomic E-state index is 13.5. The molecule has 2 aromatic carbocycles. The summed E-state index contributed by atoms with van der Waals surface area (Å²) in [6.45, 7) is 1.60. The highest BCUT2D eigenvalue weighted by Gasteiger charge is 2.12. The van der Waals surface area contributed by atoms with Crippen LogP contribution in [0.25, 0.3) is 0 Å². The quantitative estimate of drug-likeness (QED) is 0.612. The fraction of sp³-hybridized carbons (Fsp3) is 0.0769. The van der Waals surface area contributed by atoms with Gasteiger partial charge in [-0.2, -0.15) is 0 Å². The molecule has 98 valence electrons. The minimum atomic E-state index is -0.501. The Morgan fingerprint density at radius 2 is 2.00 bits per heavy atom. The minimum absolute atomic E-state index is 0.00191. The van der Waals surface area contributed by atoms with Gasteiger partial charge in [0.15, 0.2) is 11.6 Å². The van der Waals surface area contributed by atoms with E-state index in [1.807, 2.05) is 0 Å². The number of nitro benzene ring substituents is 1. The van der Waals surface area contributed by atoms with Gasteiger partial charge in [-0.15, -0.1) is 0 Å². The Morgan fingerprint density at radius 3 is 2.63 bits per heavy atom. The largest absolute Gasteiger partial charge is 0.454 e. The molecule has 0 amide bonds. The van der Waals surface area contributed by atoms with E-state index in [-0.39, 0.29) is 11.4 Å². The monoisotopic (exact) mass is 325 g/mol. The van der Waals surface area contributed by atoms with Crippen molar-refractivity contribution in [3.63, 3.8) is 0 Å². The summed E-state index contributed by atoms with van der Waals surface area (Å²) in [6, 6.07) is 8.59. The van der Waals surface area contributed by atoms with E-state index < -0.39 is 10.7 Å². The number of hydrogen-bond donors (Lipinski definition) is 0. The molecule has 0 aliphatic rings. The van der Waals surface area contributed by atoms with E-state index in [4.69, 9.17) is 4.74 Å². The predicted octanol–water partition coefficient (Wildman–Crippen LogP) is 4.60. The fourth-order valence-corrected chi connectivity index (χ4v) is 1.92. The summed E-state index contributed by atoms with van der Waals surface area (Å²) in [5, 5.41) is 10.7. The van der Waals surface area contributed by atoms with Crippen molar-refractivity contribution in [2.45, 2.75) is 6.92 Å². The van der Waals surface area contributed by atoms with E-state index in [9.17, 15) is 14.5 Å². The standard InChI is InChI=1S/C13H9BrFNO3/c1-8-6-10(3-5-12(8)16(17)18)19-13-7-9(14)2-4-11(13)15/h2-7H,1H3. The zero-order valence-corrected chi connectivity index (χ0v) is 11.5. The third kappa shape index (κ3) is 3.08. The van der Waals surface area contributed by atoms with Gasteiger partial charge in [0.2, 0.25) is 0 Å². The van der Waals surface area contributed by atoms with Crippen LogP contribution in [-0.4, -0.2) is 4.92 Å². The summed E-state index contributed by atoms with van der Waals surface area (Å²) in [6.07, 6.45) is 0. The van der Waals surface area contributed by atoms with Crippen LogP contribution >= 0.6 is 15.9 Å². The van der Waals surface area contributed by atoms with E-state index in [0.29, 0.717) is 15.8 Å². The van der Waals surface area contributed by atoms with Crippen LogP contribution in [0.1, 0.15) is 5.56 Å². The van der Waals surface area contributed by atoms with Gasteiger partial charge in [-0.1, -0.05) is 15.9 Å². The second kappa shape index (κ2) is 5.36. The van der Waals surface area contributed by atoms with Crippen LogP contribution in [0.3, 0.4) is 0 Å². The molecule has 0 aliphatic heterocycles. The van der Waals surface area contributed by atoms with Gasteiger partial charge in [0.1, 0.15) is 5.75 Å². The first-order chi connectivity index (χ1) is 8.97. The zero-order valence-electron chi connectivity index (χ0n) is 9.89. The van der Waals surface area contributed by atoms with Crippen LogP contribution < -0.4 is 4.74 Å². The van der Waals surface area contributed by atoms with Crippen LogP contribution in [-0.2, 0) is 0 Å². The number of nitro groups is 1. The fourth-order valence-electron chi connectivity index (χ4n) is 1.58. The lowest BCUT2D eigenvalue weighted by molar-refractivity contribution is -0.385. The average Bonchev–Trinajstić information content (AvgIpc) is 2.33. The Labute approximate surface area is 117 Å². The lowest BCUT2D eigenvalue weighted by atomic mass is 10.2. The molecule has 0 unspecified atom stereocenters. The third-order valence-corrected chi connectivity index (χ3v) is 2.98. The Morgan fingerprint density at radius 1 is 1.26 bits per heavy atom. The summed E-state index contributed by atoms with van der Waals surface area (Å²) in [7, 11) is 0. The van der Waals surface area contributed by atoms with Crippen LogP contribution in [0.15, 0.2) is 40.9 Å². The molecule has 2 rings (SSSR count). The van der Waals surface area contributed by atoms with Crippen molar-refractivity contribution in [3.8, 4) is 11.5 Å². The third-order valence-electron chi connectivity index (χ3n) is 2.49. The van der Waals surface area contributed by atoms with Crippen molar-refractivity contribution in [1.29, 1.82) is 0 Å². The summed E-state index contributed by atoms with van der Waals surface area (Å²) in [4.78, 5) is 10.2. The number of benzene rings is 2. The normalized spacial score (nSPS) is 10.3. The highest BCUT2D eigenvalue weighted by molar-refractivity contribution is 9.10. The summed E-state index contributed by atoms with van der Waals surface area (Å²) >= 11 is 3.22. The number of rotatable bonds is 3. The molecule has 0 aliphatic carbocycles. The smallest absolute Gasteiger partial charge is 0.272 e. The van der Waals surface area contributed by atoms with Gasteiger partial charge in [-0.3, -0.25) is 10.1 Å². The van der Waals surface area contributed by atoms with Gasteiger partial charge in [0.25, 0.3) is 5.69 Å². The first kappa shape index (κ1) is 13.5. The molecular weight excluding hydrogens is 317 g/mol. The van der Waals surface area contributed by atoms with E-state index in [1.54, 1.807) is 13.0 Å². The average molecular weight is 326 g/mol. The number of aryl methyl sites for hydroxylation is 1. The van der Waals surface area contributed by atoms with Gasteiger partial charge in [0, 0.05) is 16.1 Å². The highest BCUT2D eigenvalue weighted by atomic mass is 79.9. The lowest BCUT2D eigenvalue weighted by Gasteiger charge is -2.08. The lowest BCUT2D eigenvalue weighted by Crippen LogP contribution is -1.93. The van der Waals surface area contributed by atoms with Crippen molar-refractivity contribution in [3.05, 3.63) is 62.4 Å². The molecule has 6 heteroatoms. The second-order valence-corrected chi connectivity index (χ2v) is 4.80. The van der Waals surface area contributed by atoms with Gasteiger partial charge in [-0.05, 0) is 37.3 Å². The Bertz CT molecular complexity index is 646. The molecule has 0 saturated carbocycles. The van der Waals surface area contributed by atoms with Crippen LogP contribution in [0, 0.1) is 22.9 Å². The molecular formula is C13H9BrFNO3. The molecule has 0 heterocycles. The van der Waals surface area contributed by atoms with Crippen molar-refractivity contribution in [2.75, 3.05) is 0 Å². The number of nitrogens with zero attached hydrogens (tertiary/aromatic N) is 1. The first-order valence-electron chi connectivity index (χ1n) is 5.35. The van der Waals surface area contributed by atoms with Crippen LogP contribution in [0.2, 0.25) is 0 Å². The highest BCUT2D eigenvalue weighted by Crippen LogP contribution is 2.30. The molecule has 0 aromatic heterocycles. The first-order valence-corrected chi connectivity index (χ1v) is 6.14. The summed E-state index contributed by atoms with van der Waals surface area (Å²) in [5.74, 6) is -0.0954. The predicted molar refractivity (Wildman–Crippen MR) is 72.0 cm³/mol. The number of hydrogen-bond acceptors (Lipinski definition) is 3. The van der Waals surface area contributed by atoms with E-state index in [1.165, 1.54) is 30.3 Å². The summed E-state index contributed by atoms with van der Waals surface area (Å²) < 4.78 is 19.6. The van der Waals surface area contributed by atoms with Crippen molar-refractivity contribution < 1.29 is 14.1 Å². The van der Waals surface area contributed by atoms with Crippen molar-refractivity contribution in [2.24, 2.45) is 0 Å². The van der Waals surface area contributed by atoms with Gasteiger partial charge in [0.05, 0.1) is 4.92 Å². The Hall–Kier alpha value is -1.95. The molecule has 2 aromatic rings. The minimum Gasteiger partial charge on any atom is -0.454 e. The molecule has 0 spiro atoms. The molecule has 19 heavy (non-hydrogen) atoms. The van der Waals surface area contributed by atoms with Crippen LogP contribution in [0.4, 0.5) is 10.1 Å². The second-order valence-electron chi connectivity index (χ2n) is 3.88. The zero-order chi connectivity index (χ0) is 14.0. The van der Waals surface area contributed by atoms with Gasteiger partial charge < -0.3 is 4.74 Å². The summed E-state index contributed by atoms with van der Waals surface area (Å²) in [5.41, 5.74) is 0.458. The maximum Gasteiger partial charge on any atom is 0.272 e. The Balaban J connectivity index is 2.31. The molecule has 0 N–H and O–H groups in total. The molecule has 0 fully saturated rings. The van der Waals surface area contributed by atoms with Gasteiger partial charge >= 0.3 is 0 Å². The molecule has 0 bridgehead atoms. The van der Waals surface area contributed by atoms with E-state index >= 15 is 0 Å². The van der Waals surface area contributed by atoms with Gasteiger partial charge in [-0.25, -0.2) is 4.39 Å². The SMILES string of the molecule is Cc1cc(Oc2cc(Br)ccc2F)ccc1[N+](=O)[O-]. The topological polar surface area (TPSA) is 52.4 Å². The van der Waals surface area contributed by atoms with Crippen LogP contribution in [0.5, 0.6) is 11.5 Å². The molecule has 0 radical (unpaired) electrons. The van der Waals surface area contributed by atoms with Crippen molar-refractivity contribution in [1.82, 2.24) is 0 Å². The number of halogens is 2. The maximum atomic E-state index is 13.5. The molecule has 4 nitrogen and oxygen atoms in total. The molecule has 0 saturated heterocycles. The Kier molecular flexibility index (Phi) is 3.80. The van der Waals surface area contributed by atoms with E-state index in [0.717, 1.165) is 0 Å².